The first kappa shape index (κ1) is 11.3. The van der Waals surface area contributed by atoms with Gasteiger partial charge in [0.1, 0.15) is 5.82 Å². The molecular weight excluding hydrogens is 224 g/mol. The lowest BCUT2D eigenvalue weighted by atomic mass is 9.91. The Morgan fingerprint density at radius 1 is 1.17 bits per heavy atom. The minimum absolute atomic E-state index is 0.690. The van der Waals surface area contributed by atoms with Gasteiger partial charge in [-0.05, 0) is 18.2 Å². The molecule has 1 aliphatic rings. The Morgan fingerprint density at radius 3 is 2.33 bits per heavy atom. The lowest BCUT2D eigenvalue weighted by Crippen LogP contribution is -2.41. The van der Waals surface area contributed by atoms with Gasteiger partial charge in [0.25, 0.3) is 0 Å². The number of benzene rings is 1. The molecule has 18 heavy (non-hydrogen) atoms. The number of nitrogens with zero attached hydrogens (tertiary/aromatic N) is 3. The molecule has 94 valence electrons. The zero-order valence-corrected chi connectivity index (χ0v) is 10.8. The molecule has 2 heterocycles. The standard InChI is InChI=1S/C14H18N4/c1-17-8-12(9-17)10-3-5-11(6-4-10)13-7-16-18(2)14(13)15/h3-7,12H,8-9,15H2,1-2H3. The zero-order chi connectivity index (χ0) is 12.7. The van der Waals surface area contributed by atoms with Crippen LogP contribution >= 0.6 is 0 Å². The minimum atomic E-state index is 0.690. The van der Waals surface area contributed by atoms with Gasteiger partial charge in [0, 0.05) is 31.6 Å². The summed E-state index contributed by atoms with van der Waals surface area (Å²) >= 11 is 0. The largest absolute Gasteiger partial charge is 0.383 e. The third-order valence-corrected chi connectivity index (χ3v) is 3.74. The normalized spacial score (nSPS) is 16.8. The van der Waals surface area contributed by atoms with Gasteiger partial charge >= 0.3 is 0 Å². The van der Waals surface area contributed by atoms with E-state index in [1.54, 1.807) is 4.68 Å². The molecule has 0 atom stereocenters. The number of likely N-dealkylation sites (tertiary alicyclic amines) is 1. The van der Waals surface area contributed by atoms with Crippen LogP contribution < -0.4 is 5.73 Å². The summed E-state index contributed by atoms with van der Waals surface area (Å²) in [6.45, 7) is 2.32. The minimum Gasteiger partial charge on any atom is -0.383 e. The third kappa shape index (κ3) is 1.78. The van der Waals surface area contributed by atoms with E-state index < -0.39 is 0 Å². The van der Waals surface area contributed by atoms with E-state index >= 15 is 0 Å². The molecule has 2 aromatic rings. The Kier molecular flexibility index (Phi) is 2.59. The van der Waals surface area contributed by atoms with E-state index in [0.717, 1.165) is 24.2 Å². The molecule has 0 radical (unpaired) electrons. The molecule has 4 heteroatoms. The molecule has 1 fully saturated rings. The maximum Gasteiger partial charge on any atom is 0.129 e. The van der Waals surface area contributed by atoms with Crippen molar-refractivity contribution in [3.63, 3.8) is 0 Å². The van der Waals surface area contributed by atoms with Crippen molar-refractivity contribution in [1.82, 2.24) is 14.7 Å². The van der Waals surface area contributed by atoms with Crippen LogP contribution in [-0.4, -0.2) is 34.8 Å². The van der Waals surface area contributed by atoms with Crippen LogP contribution in [0.5, 0.6) is 0 Å². The molecule has 1 aromatic heterocycles. The molecule has 2 N–H and O–H groups in total. The summed E-state index contributed by atoms with van der Waals surface area (Å²) in [5.74, 6) is 1.40. The van der Waals surface area contributed by atoms with Crippen molar-refractivity contribution in [2.24, 2.45) is 7.05 Å². The molecule has 0 aliphatic carbocycles. The van der Waals surface area contributed by atoms with Crippen LogP contribution in [0.15, 0.2) is 30.5 Å². The average molecular weight is 242 g/mol. The predicted molar refractivity (Wildman–Crippen MR) is 73.3 cm³/mol. The highest BCUT2D eigenvalue weighted by Crippen LogP contribution is 2.29. The molecule has 1 aliphatic heterocycles. The Morgan fingerprint density at radius 2 is 1.83 bits per heavy atom. The Balaban J connectivity index is 1.85. The van der Waals surface area contributed by atoms with Crippen molar-refractivity contribution in [2.75, 3.05) is 25.9 Å². The van der Waals surface area contributed by atoms with Crippen LogP contribution in [-0.2, 0) is 7.05 Å². The molecule has 4 nitrogen and oxygen atoms in total. The lowest BCUT2D eigenvalue weighted by molar-refractivity contribution is 0.190. The molecule has 0 amide bonds. The fourth-order valence-electron chi connectivity index (χ4n) is 2.51. The summed E-state index contributed by atoms with van der Waals surface area (Å²) in [7, 11) is 4.01. The summed E-state index contributed by atoms with van der Waals surface area (Å²) in [6.07, 6.45) is 1.82. The van der Waals surface area contributed by atoms with Crippen molar-refractivity contribution in [1.29, 1.82) is 0 Å². The van der Waals surface area contributed by atoms with Crippen molar-refractivity contribution in [3.05, 3.63) is 36.0 Å². The van der Waals surface area contributed by atoms with Crippen LogP contribution in [0.3, 0.4) is 0 Å². The Hall–Kier alpha value is -1.81. The number of hydrogen-bond acceptors (Lipinski definition) is 3. The summed E-state index contributed by atoms with van der Waals surface area (Å²) in [5, 5.41) is 4.17. The third-order valence-electron chi connectivity index (χ3n) is 3.74. The van der Waals surface area contributed by atoms with Crippen LogP contribution in [0.25, 0.3) is 11.1 Å². The number of likely N-dealkylation sites (N-methyl/N-ethyl adjacent to an activating group) is 1. The summed E-state index contributed by atoms with van der Waals surface area (Å²) in [4.78, 5) is 2.33. The van der Waals surface area contributed by atoms with Crippen LogP contribution in [0.1, 0.15) is 11.5 Å². The van der Waals surface area contributed by atoms with E-state index in [2.05, 4.69) is 41.3 Å². The smallest absolute Gasteiger partial charge is 0.129 e. The number of nitrogen functional groups attached to an aromatic ring is 1. The van der Waals surface area contributed by atoms with Crippen molar-refractivity contribution >= 4 is 5.82 Å². The maximum atomic E-state index is 5.98. The van der Waals surface area contributed by atoms with E-state index in [9.17, 15) is 0 Å². The molecule has 0 saturated carbocycles. The number of aromatic nitrogens is 2. The quantitative estimate of drug-likeness (QED) is 0.872. The number of rotatable bonds is 2. The molecule has 0 unspecified atom stereocenters. The maximum absolute atomic E-state index is 5.98. The molecule has 0 bridgehead atoms. The zero-order valence-electron chi connectivity index (χ0n) is 10.8. The van der Waals surface area contributed by atoms with E-state index in [-0.39, 0.29) is 0 Å². The second-order valence-electron chi connectivity index (χ2n) is 5.11. The van der Waals surface area contributed by atoms with Crippen LogP contribution in [0.2, 0.25) is 0 Å². The first-order valence-electron chi connectivity index (χ1n) is 6.21. The summed E-state index contributed by atoms with van der Waals surface area (Å²) < 4.78 is 1.70. The number of hydrogen-bond donors (Lipinski definition) is 1. The van der Waals surface area contributed by atoms with Crippen LogP contribution in [0.4, 0.5) is 5.82 Å². The van der Waals surface area contributed by atoms with Crippen molar-refractivity contribution in [3.8, 4) is 11.1 Å². The van der Waals surface area contributed by atoms with E-state index in [4.69, 9.17) is 5.73 Å². The Bertz CT molecular complexity index is 550. The van der Waals surface area contributed by atoms with Gasteiger partial charge in [-0.15, -0.1) is 0 Å². The molecule has 1 saturated heterocycles. The van der Waals surface area contributed by atoms with Gasteiger partial charge in [0.2, 0.25) is 0 Å². The molecule has 1 aromatic carbocycles. The molecule has 3 rings (SSSR count). The van der Waals surface area contributed by atoms with Gasteiger partial charge in [-0.25, -0.2) is 0 Å². The number of nitrogens with two attached hydrogens (primary N) is 1. The molecular formula is C14H18N4. The first-order chi connectivity index (χ1) is 8.65. The highest BCUT2D eigenvalue weighted by atomic mass is 15.3. The van der Waals surface area contributed by atoms with Crippen LogP contribution in [0, 0.1) is 0 Å². The number of anilines is 1. The second kappa shape index (κ2) is 4.14. The predicted octanol–water partition coefficient (Wildman–Crippen LogP) is 1.70. The van der Waals surface area contributed by atoms with Gasteiger partial charge in [0.05, 0.1) is 6.20 Å². The highest BCUT2D eigenvalue weighted by molar-refractivity contribution is 5.73. The van der Waals surface area contributed by atoms with Gasteiger partial charge in [0.15, 0.2) is 0 Å². The van der Waals surface area contributed by atoms with E-state index in [1.807, 2.05) is 13.2 Å². The summed E-state index contributed by atoms with van der Waals surface area (Å²) in [5.41, 5.74) is 9.54. The number of aryl methyl sites for hydroxylation is 1. The van der Waals surface area contributed by atoms with Crippen molar-refractivity contribution in [2.45, 2.75) is 5.92 Å². The first-order valence-corrected chi connectivity index (χ1v) is 6.21. The Labute approximate surface area is 107 Å². The highest BCUT2D eigenvalue weighted by Gasteiger charge is 2.24. The average Bonchev–Trinajstić information content (AvgIpc) is 2.67. The fraction of sp³-hybridized carbons (Fsp3) is 0.357. The van der Waals surface area contributed by atoms with Crippen molar-refractivity contribution < 1.29 is 0 Å². The summed E-state index contributed by atoms with van der Waals surface area (Å²) in [6, 6.07) is 8.70. The van der Waals surface area contributed by atoms with Gasteiger partial charge < -0.3 is 10.6 Å². The monoisotopic (exact) mass is 242 g/mol. The fourth-order valence-corrected chi connectivity index (χ4v) is 2.51. The van der Waals surface area contributed by atoms with E-state index in [0.29, 0.717) is 11.7 Å². The lowest BCUT2D eigenvalue weighted by Gasteiger charge is -2.36. The van der Waals surface area contributed by atoms with E-state index in [1.165, 1.54) is 5.56 Å². The van der Waals surface area contributed by atoms with Gasteiger partial charge in [-0.2, -0.15) is 5.10 Å². The molecule has 0 spiro atoms. The second-order valence-corrected chi connectivity index (χ2v) is 5.11. The van der Waals surface area contributed by atoms with Gasteiger partial charge in [-0.3, -0.25) is 4.68 Å². The van der Waals surface area contributed by atoms with Gasteiger partial charge in [-0.1, -0.05) is 24.3 Å². The SMILES string of the molecule is CN1CC(c2ccc(-c3cnn(C)c3N)cc2)C1. The topological polar surface area (TPSA) is 47.1 Å².